The Morgan fingerprint density at radius 2 is 2.14 bits per heavy atom. The van der Waals surface area contributed by atoms with Gasteiger partial charge in [0.15, 0.2) is 0 Å². The Hall–Kier alpha value is -2.63. The van der Waals surface area contributed by atoms with Crippen molar-refractivity contribution in [3.8, 4) is 17.0 Å². The third-order valence-corrected chi connectivity index (χ3v) is 3.23. The van der Waals surface area contributed by atoms with Crippen LogP contribution in [0, 0.1) is 10.1 Å². The van der Waals surface area contributed by atoms with Gasteiger partial charge in [-0.1, -0.05) is 12.1 Å². The van der Waals surface area contributed by atoms with E-state index < -0.39 is 4.92 Å². The van der Waals surface area contributed by atoms with Crippen molar-refractivity contribution in [2.75, 3.05) is 12.4 Å². The molecule has 6 nitrogen and oxygen atoms in total. The predicted molar refractivity (Wildman–Crippen MR) is 79.5 cm³/mol. The molecule has 108 valence electrons. The van der Waals surface area contributed by atoms with Gasteiger partial charge < -0.3 is 10.1 Å². The Morgan fingerprint density at radius 1 is 1.33 bits per heavy atom. The van der Waals surface area contributed by atoms with E-state index in [1.165, 1.54) is 12.1 Å². The molecule has 1 N–H and O–H groups in total. The molecule has 1 aromatic heterocycles. The Morgan fingerprint density at radius 3 is 2.81 bits per heavy atom. The minimum absolute atomic E-state index is 0.0119. The van der Waals surface area contributed by atoms with Crippen LogP contribution in [0.3, 0.4) is 0 Å². The van der Waals surface area contributed by atoms with Crippen LogP contribution >= 0.6 is 0 Å². The van der Waals surface area contributed by atoms with Crippen LogP contribution in [0.2, 0.25) is 0 Å². The Labute approximate surface area is 121 Å². The van der Waals surface area contributed by atoms with Crippen molar-refractivity contribution in [2.24, 2.45) is 0 Å². The number of anilines is 1. The molecule has 21 heavy (non-hydrogen) atoms. The minimum atomic E-state index is -0.420. The average Bonchev–Trinajstić information content (AvgIpc) is 3.31. The van der Waals surface area contributed by atoms with Gasteiger partial charge in [-0.05, 0) is 25.0 Å². The van der Waals surface area contributed by atoms with Crippen molar-refractivity contribution >= 4 is 11.5 Å². The Balaban J connectivity index is 1.98. The number of pyridine rings is 1. The molecule has 0 radical (unpaired) electrons. The third kappa shape index (κ3) is 3.10. The maximum absolute atomic E-state index is 11.0. The lowest BCUT2D eigenvalue weighted by molar-refractivity contribution is -0.384. The summed E-state index contributed by atoms with van der Waals surface area (Å²) in [5.74, 6) is 1.24. The van der Waals surface area contributed by atoms with E-state index in [1.807, 2.05) is 24.3 Å². The number of hydrogen-bond donors (Lipinski definition) is 1. The maximum atomic E-state index is 11.0. The highest BCUT2D eigenvalue weighted by Crippen LogP contribution is 2.31. The van der Waals surface area contributed by atoms with Crippen molar-refractivity contribution in [1.29, 1.82) is 0 Å². The monoisotopic (exact) mass is 285 g/mol. The van der Waals surface area contributed by atoms with E-state index in [4.69, 9.17) is 4.74 Å². The molecule has 0 bridgehead atoms. The molecule has 0 amide bonds. The zero-order chi connectivity index (χ0) is 14.8. The Kier molecular flexibility index (Phi) is 3.43. The second-order valence-electron chi connectivity index (χ2n) is 4.95. The minimum Gasteiger partial charge on any atom is -0.490 e. The molecule has 1 fully saturated rings. The largest absolute Gasteiger partial charge is 0.490 e. The fourth-order valence-corrected chi connectivity index (χ4v) is 2.00. The second kappa shape index (κ2) is 5.40. The lowest BCUT2D eigenvalue weighted by atomic mass is 10.1. The van der Waals surface area contributed by atoms with Crippen molar-refractivity contribution in [3.63, 3.8) is 0 Å². The molecule has 1 aromatic carbocycles. The molecule has 0 spiro atoms. The molecule has 1 aliphatic rings. The van der Waals surface area contributed by atoms with Gasteiger partial charge in [0.2, 0.25) is 0 Å². The highest BCUT2D eigenvalue weighted by molar-refractivity contribution is 5.66. The van der Waals surface area contributed by atoms with E-state index in [0.717, 1.165) is 24.2 Å². The summed E-state index contributed by atoms with van der Waals surface area (Å²) in [4.78, 5) is 14.9. The number of ether oxygens (including phenoxy) is 1. The van der Waals surface area contributed by atoms with Crippen LogP contribution < -0.4 is 10.1 Å². The summed E-state index contributed by atoms with van der Waals surface area (Å²) in [5.41, 5.74) is 1.36. The fourth-order valence-electron chi connectivity index (χ4n) is 2.00. The molecule has 6 heteroatoms. The first-order valence-electron chi connectivity index (χ1n) is 6.77. The van der Waals surface area contributed by atoms with Gasteiger partial charge in [-0.2, -0.15) is 0 Å². The number of nitrogens with zero attached hydrogens (tertiary/aromatic N) is 2. The summed E-state index contributed by atoms with van der Waals surface area (Å²) < 4.78 is 5.74. The molecular formula is C15H15N3O3. The standard InChI is InChI=1S/C15H15N3O3/c1-16-15-9-11(18(19)20)8-14(17-15)10-3-2-4-13(7-10)21-12-5-6-12/h2-4,7-9,12H,5-6H2,1H3,(H,16,17). The number of hydrogen-bond acceptors (Lipinski definition) is 5. The third-order valence-electron chi connectivity index (χ3n) is 3.23. The number of nitro groups is 1. The molecule has 2 aromatic rings. The summed E-state index contributed by atoms with van der Waals surface area (Å²) in [5, 5.41) is 13.8. The second-order valence-corrected chi connectivity index (χ2v) is 4.95. The first-order valence-corrected chi connectivity index (χ1v) is 6.77. The van der Waals surface area contributed by atoms with E-state index in [-0.39, 0.29) is 5.69 Å². The first kappa shape index (κ1) is 13.4. The van der Waals surface area contributed by atoms with Crippen LogP contribution in [-0.2, 0) is 0 Å². The van der Waals surface area contributed by atoms with E-state index in [2.05, 4.69) is 10.3 Å². The first-order chi connectivity index (χ1) is 10.2. The number of aromatic nitrogens is 1. The zero-order valence-corrected chi connectivity index (χ0v) is 11.6. The van der Waals surface area contributed by atoms with Crippen molar-refractivity contribution < 1.29 is 9.66 Å². The van der Waals surface area contributed by atoms with Gasteiger partial charge in [0.25, 0.3) is 5.69 Å². The zero-order valence-electron chi connectivity index (χ0n) is 11.6. The molecule has 0 unspecified atom stereocenters. The molecular weight excluding hydrogens is 270 g/mol. The number of rotatable bonds is 5. The van der Waals surface area contributed by atoms with Crippen LogP contribution in [0.1, 0.15) is 12.8 Å². The fraction of sp³-hybridized carbons (Fsp3) is 0.267. The van der Waals surface area contributed by atoms with Crippen LogP contribution in [0.5, 0.6) is 5.75 Å². The van der Waals surface area contributed by atoms with E-state index in [9.17, 15) is 10.1 Å². The maximum Gasteiger partial charge on any atom is 0.275 e. The lowest BCUT2D eigenvalue weighted by Gasteiger charge is -2.08. The van der Waals surface area contributed by atoms with Crippen LogP contribution in [0.15, 0.2) is 36.4 Å². The Bertz CT molecular complexity index is 684. The van der Waals surface area contributed by atoms with Gasteiger partial charge in [-0.25, -0.2) is 4.98 Å². The predicted octanol–water partition coefficient (Wildman–Crippen LogP) is 3.24. The number of benzene rings is 1. The smallest absolute Gasteiger partial charge is 0.275 e. The summed E-state index contributed by atoms with van der Waals surface area (Å²) in [6.07, 6.45) is 2.48. The average molecular weight is 285 g/mol. The molecule has 1 heterocycles. The molecule has 0 atom stereocenters. The van der Waals surface area contributed by atoms with Gasteiger partial charge in [0.1, 0.15) is 11.6 Å². The summed E-state index contributed by atoms with van der Waals surface area (Å²) >= 11 is 0. The van der Waals surface area contributed by atoms with Crippen LogP contribution in [0.4, 0.5) is 11.5 Å². The highest BCUT2D eigenvalue weighted by atomic mass is 16.6. The van der Waals surface area contributed by atoms with Crippen molar-refractivity contribution in [3.05, 3.63) is 46.5 Å². The van der Waals surface area contributed by atoms with Gasteiger partial charge in [0.05, 0.1) is 22.8 Å². The van der Waals surface area contributed by atoms with E-state index in [1.54, 1.807) is 7.05 Å². The molecule has 3 rings (SSSR count). The molecule has 1 aliphatic carbocycles. The van der Waals surface area contributed by atoms with Crippen LogP contribution in [-0.4, -0.2) is 23.1 Å². The summed E-state index contributed by atoms with van der Waals surface area (Å²) in [7, 11) is 1.68. The van der Waals surface area contributed by atoms with E-state index in [0.29, 0.717) is 17.6 Å². The summed E-state index contributed by atoms with van der Waals surface area (Å²) in [6.45, 7) is 0. The van der Waals surface area contributed by atoms with Gasteiger partial charge >= 0.3 is 0 Å². The summed E-state index contributed by atoms with van der Waals surface area (Å²) in [6, 6.07) is 10.4. The molecule has 0 saturated heterocycles. The molecule has 1 saturated carbocycles. The topological polar surface area (TPSA) is 77.3 Å². The van der Waals surface area contributed by atoms with Gasteiger partial charge in [-0.3, -0.25) is 10.1 Å². The van der Waals surface area contributed by atoms with Gasteiger partial charge in [0, 0.05) is 18.7 Å². The van der Waals surface area contributed by atoms with Gasteiger partial charge in [-0.15, -0.1) is 0 Å². The highest BCUT2D eigenvalue weighted by Gasteiger charge is 2.23. The van der Waals surface area contributed by atoms with E-state index >= 15 is 0 Å². The SMILES string of the molecule is CNc1cc([N+](=O)[O-])cc(-c2cccc(OC3CC3)c2)n1. The lowest BCUT2D eigenvalue weighted by Crippen LogP contribution is -1.98. The number of nitrogens with one attached hydrogen (secondary N) is 1. The van der Waals surface area contributed by atoms with Crippen LogP contribution in [0.25, 0.3) is 11.3 Å². The quantitative estimate of drug-likeness (QED) is 0.674. The molecule has 0 aliphatic heterocycles. The normalized spacial score (nSPS) is 13.8. The van der Waals surface area contributed by atoms with Crippen molar-refractivity contribution in [1.82, 2.24) is 4.98 Å². The van der Waals surface area contributed by atoms with Crippen molar-refractivity contribution in [2.45, 2.75) is 18.9 Å².